The molecule has 1 fully saturated rings. The largest absolute Gasteiger partial charge is 0.497 e. The van der Waals surface area contributed by atoms with E-state index in [1.807, 2.05) is 24.3 Å². The third kappa shape index (κ3) is 2.09. The lowest BCUT2D eigenvalue weighted by Gasteiger charge is -2.31. The molecule has 0 aliphatic heterocycles. The minimum Gasteiger partial charge on any atom is -0.497 e. The zero-order valence-corrected chi connectivity index (χ0v) is 9.40. The number of hydrogen-bond donors (Lipinski definition) is 1. The third-order valence-corrected chi connectivity index (χ3v) is 3.16. The van der Waals surface area contributed by atoms with Gasteiger partial charge in [0.05, 0.1) is 12.7 Å². The standard InChI is InChI=1S/C13H16O3/c1-16-12-6-4-10(5-7-12)13(15)8-2-3-11(14)9-13/h4-7,15H,2-3,8-9H2,1H3/t13-/m1/s1. The topological polar surface area (TPSA) is 46.5 Å². The molecule has 1 aliphatic carbocycles. The Hall–Kier alpha value is -1.35. The first-order valence-corrected chi connectivity index (χ1v) is 5.53. The van der Waals surface area contributed by atoms with Crippen molar-refractivity contribution in [3.8, 4) is 5.75 Å². The molecule has 2 rings (SSSR count). The van der Waals surface area contributed by atoms with E-state index >= 15 is 0 Å². The van der Waals surface area contributed by atoms with Crippen molar-refractivity contribution >= 4 is 5.78 Å². The summed E-state index contributed by atoms with van der Waals surface area (Å²) < 4.78 is 5.06. The molecule has 0 amide bonds. The van der Waals surface area contributed by atoms with Crippen LogP contribution in [0, 0.1) is 0 Å². The maximum Gasteiger partial charge on any atom is 0.136 e. The van der Waals surface area contributed by atoms with Crippen LogP contribution in [0.3, 0.4) is 0 Å². The maximum atomic E-state index is 11.4. The summed E-state index contributed by atoms with van der Waals surface area (Å²) in [6.07, 6.45) is 2.25. The Bertz CT molecular complexity index is 383. The van der Waals surface area contributed by atoms with Crippen LogP contribution in [0.1, 0.15) is 31.2 Å². The van der Waals surface area contributed by atoms with E-state index in [1.165, 1.54) is 0 Å². The van der Waals surface area contributed by atoms with Gasteiger partial charge in [-0.05, 0) is 30.5 Å². The van der Waals surface area contributed by atoms with Crippen molar-refractivity contribution in [3.63, 3.8) is 0 Å². The minimum absolute atomic E-state index is 0.143. The molecule has 1 aromatic rings. The Morgan fingerprint density at radius 1 is 1.31 bits per heavy atom. The number of carbonyl (C=O) groups excluding carboxylic acids is 1. The van der Waals surface area contributed by atoms with Crippen LogP contribution in [-0.4, -0.2) is 18.0 Å². The van der Waals surface area contributed by atoms with E-state index in [2.05, 4.69) is 0 Å². The fraction of sp³-hybridized carbons (Fsp3) is 0.462. The van der Waals surface area contributed by atoms with Gasteiger partial charge in [-0.25, -0.2) is 0 Å². The summed E-state index contributed by atoms with van der Waals surface area (Å²) in [7, 11) is 1.61. The van der Waals surface area contributed by atoms with Gasteiger partial charge < -0.3 is 9.84 Å². The van der Waals surface area contributed by atoms with E-state index in [-0.39, 0.29) is 12.2 Å². The molecule has 1 atom stereocenters. The number of carbonyl (C=O) groups is 1. The van der Waals surface area contributed by atoms with Crippen LogP contribution in [0.4, 0.5) is 0 Å². The van der Waals surface area contributed by atoms with E-state index in [1.54, 1.807) is 7.11 Å². The molecule has 0 heterocycles. The van der Waals surface area contributed by atoms with Crippen molar-refractivity contribution < 1.29 is 14.6 Å². The van der Waals surface area contributed by atoms with E-state index in [0.717, 1.165) is 17.7 Å². The average molecular weight is 220 g/mol. The highest BCUT2D eigenvalue weighted by Crippen LogP contribution is 2.35. The first kappa shape index (κ1) is 11.1. The number of ketones is 1. The first-order valence-electron chi connectivity index (χ1n) is 5.53. The molecule has 1 N–H and O–H groups in total. The number of ether oxygens (including phenoxy) is 1. The molecule has 0 saturated heterocycles. The number of methoxy groups -OCH3 is 1. The summed E-state index contributed by atoms with van der Waals surface area (Å²) in [5, 5.41) is 10.4. The first-order chi connectivity index (χ1) is 7.64. The van der Waals surface area contributed by atoms with Gasteiger partial charge in [-0.15, -0.1) is 0 Å². The number of benzene rings is 1. The fourth-order valence-corrected chi connectivity index (χ4v) is 2.23. The van der Waals surface area contributed by atoms with Gasteiger partial charge in [0.2, 0.25) is 0 Å². The summed E-state index contributed by atoms with van der Waals surface area (Å²) in [5.74, 6) is 0.902. The van der Waals surface area contributed by atoms with Gasteiger partial charge in [0.1, 0.15) is 11.5 Å². The molecule has 3 nitrogen and oxygen atoms in total. The molecule has 86 valence electrons. The lowest BCUT2D eigenvalue weighted by Crippen LogP contribution is -2.32. The van der Waals surface area contributed by atoms with Crippen molar-refractivity contribution in [2.24, 2.45) is 0 Å². The minimum atomic E-state index is -0.971. The normalized spacial score (nSPS) is 25.5. The molecule has 0 bridgehead atoms. The van der Waals surface area contributed by atoms with Gasteiger partial charge in [0.25, 0.3) is 0 Å². The van der Waals surface area contributed by atoms with Crippen LogP contribution in [0.5, 0.6) is 5.75 Å². The number of hydrogen-bond acceptors (Lipinski definition) is 3. The van der Waals surface area contributed by atoms with Crippen molar-refractivity contribution in [1.82, 2.24) is 0 Å². The Kier molecular flexibility index (Phi) is 2.97. The summed E-state index contributed by atoms with van der Waals surface area (Å²) in [6.45, 7) is 0. The lowest BCUT2D eigenvalue weighted by molar-refractivity contribution is -0.128. The van der Waals surface area contributed by atoms with Crippen LogP contribution in [-0.2, 0) is 10.4 Å². The van der Waals surface area contributed by atoms with Gasteiger partial charge >= 0.3 is 0 Å². The predicted octanol–water partition coefficient (Wildman–Crippen LogP) is 2.03. The predicted molar refractivity (Wildman–Crippen MR) is 60.4 cm³/mol. The van der Waals surface area contributed by atoms with Crippen LogP contribution < -0.4 is 4.74 Å². The zero-order valence-electron chi connectivity index (χ0n) is 9.40. The second-order valence-corrected chi connectivity index (χ2v) is 4.33. The Morgan fingerprint density at radius 3 is 2.56 bits per heavy atom. The monoisotopic (exact) mass is 220 g/mol. The summed E-state index contributed by atoms with van der Waals surface area (Å²) >= 11 is 0. The second-order valence-electron chi connectivity index (χ2n) is 4.33. The van der Waals surface area contributed by atoms with Crippen molar-refractivity contribution in [3.05, 3.63) is 29.8 Å². The molecule has 1 aliphatic rings. The summed E-state index contributed by atoms with van der Waals surface area (Å²) in [6, 6.07) is 7.29. The highest BCUT2D eigenvalue weighted by molar-refractivity contribution is 5.80. The van der Waals surface area contributed by atoms with Crippen molar-refractivity contribution in [2.75, 3.05) is 7.11 Å². The van der Waals surface area contributed by atoms with E-state index in [9.17, 15) is 9.90 Å². The van der Waals surface area contributed by atoms with Gasteiger partial charge in [-0.1, -0.05) is 12.1 Å². The molecule has 3 heteroatoms. The number of aliphatic hydroxyl groups is 1. The van der Waals surface area contributed by atoms with E-state index in [4.69, 9.17) is 4.74 Å². The van der Waals surface area contributed by atoms with Crippen LogP contribution >= 0.6 is 0 Å². The molecule has 0 spiro atoms. The van der Waals surface area contributed by atoms with Gasteiger partial charge in [-0.3, -0.25) is 4.79 Å². The average Bonchev–Trinajstić information content (AvgIpc) is 2.29. The molecule has 16 heavy (non-hydrogen) atoms. The molecule has 1 saturated carbocycles. The maximum absolute atomic E-state index is 11.4. The van der Waals surface area contributed by atoms with E-state index in [0.29, 0.717) is 12.8 Å². The Balaban J connectivity index is 2.24. The summed E-state index contributed by atoms with van der Waals surface area (Å²) in [5.41, 5.74) is -0.164. The smallest absolute Gasteiger partial charge is 0.136 e. The lowest BCUT2D eigenvalue weighted by atomic mass is 9.79. The molecule has 0 aromatic heterocycles. The SMILES string of the molecule is COc1ccc([C@@]2(O)CCCC(=O)C2)cc1. The van der Waals surface area contributed by atoms with Gasteiger partial charge in [0, 0.05) is 12.8 Å². The second kappa shape index (κ2) is 4.26. The molecular formula is C13H16O3. The molecule has 0 radical (unpaired) electrons. The van der Waals surface area contributed by atoms with Crippen LogP contribution in [0.25, 0.3) is 0 Å². The zero-order chi connectivity index (χ0) is 11.6. The van der Waals surface area contributed by atoms with E-state index < -0.39 is 5.60 Å². The highest BCUT2D eigenvalue weighted by Gasteiger charge is 2.34. The number of Topliss-reactive ketones (excluding diaryl/α,β-unsaturated/α-hetero) is 1. The number of rotatable bonds is 2. The van der Waals surface area contributed by atoms with Gasteiger partial charge in [0.15, 0.2) is 0 Å². The Labute approximate surface area is 95.0 Å². The molecular weight excluding hydrogens is 204 g/mol. The van der Waals surface area contributed by atoms with Crippen LogP contribution in [0.15, 0.2) is 24.3 Å². The van der Waals surface area contributed by atoms with Crippen molar-refractivity contribution in [1.29, 1.82) is 0 Å². The Morgan fingerprint density at radius 2 is 2.00 bits per heavy atom. The third-order valence-electron chi connectivity index (χ3n) is 3.16. The summed E-state index contributed by atoms with van der Waals surface area (Å²) in [4.78, 5) is 11.4. The highest BCUT2D eigenvalue weighted by atomic mass is 16.5. The quantitative estimate of drug-likeness (QED) is 0.829. The van der Waals surface area contributed by atoms with Gasteiger partial charge in [-0.2, -0.15) is 0 Å². The van der Waals surface area contributed by atoms with Crippen molar-refractivity contribution in [2.45, 2.75) is 31.3 Å². The fourth-order valence-electron chi connectivity index (χ4n) is 2.23. The molecule has 1 aromatic carbocycles. The molecule has 0 unspecified atom stereocenters. The van der Waals surface area contributed by atoms with Crippen LogP contribution in [0.2, 0.25) is 0 Å².